The number of nitrogens with one attached hydrogen (secondary N) is 1. The molecule has 104 valence electrons. The minimum Gasteiger partial charge on any atom is -0.339 e. The fraction of sp³-hybridized carbons (Fsp3) is 0.154. The van der Waals surface area contributed by atoms with Crippen LogP contribution in [0.25, 0.3) is 0 Å². The van der Waals surface area contributed by atoms with E-state index < -0.39 is 5.95 Å². The minimum atomic E-state index is -0.714. The molecule has 0 fully saturated rings. The molecule has 0 bridgehead atoms. The second-order valence-corrected chi connectivity index (χ2v) is 4.18. The highest BCUT2D eigenvalue weighted by molar-refractivity contribution is 6.33. The van der Waals surface area contributed by atoms with Crippen LogP contribution in [0.5, 0.6) is 0 Å². The van der Waals surface area contributed by atoms with E-state index in [0.29, 0.717) is 5.82 Å². The number of aromatic nitrogens is 2. The normalized spacial score (nSPS) is 9.20. The number of aryl methyl sites for hydroxylation is 2. The monoisotopic (exact) mass is 295 g/mol. The van der Waals surface area contributed by atoms with Crippen molar-refractivity contribution in [1.29, 1.82) is 0 Å². The molecule has 7 heteroatoms. The Labute approximate surface area is 119 Å². The molecule has 1 aromatic carbocycles. The summed E-state index contributed by atoms with van der Waals surface area (Å²) in [5, 5.41) is 2.86. The molecule has 0 saturated carbocycles. The molecule has 0 atom stereocenters. The number of halogens is 2. The maximum Gasteiger partial charge on any atom is 0.373 e. The third-order valence-electron chi connectivity index (χ3n) is 2.24. The van der Waals surface area contributed by atoms with Crippen LogP contribution in [0.15, 0.2) is 24.3 Å². The van der Waals surface area contributed by atoms with Crippen molar-refractivity contribution >= 4 is 29.3 Å². The molecule has 2 rings (SSSR count). The number of anilines is 2. The minimum absolute atomic E-state index is 0.101. The molecule has 20 heavy (non-hydrogen) atoms. The van der Waals surface area contributed by atoms with Crippen molar-refractivity contribution in [2.75, 3.05) is 5.32 Å². The lowest BCUT2D eigenvalue weighted by Crippen LogP contribution is -2.01. The highest BCUT2D eigenvalue weighted by atomic mass is 35.5. The Kier molecular flexibility index (Phi) is 5.77. The molecule has 0 unspecified atom stereocenters. The average molecular weight is 296 g/mol. The van der Waals surface area contributed by atoms with Gasteiger partial charge in [0.1, 0.15) is 10.8 Å². The second kappa shape index (κ2) is 7.33. The van der Waals surface area contributed by atoms with Crippen LogP contribution in [0.1, 0.15) is 11.4 Å². The average Bonchev–Trinajstić information content (AvgIpc) is 2.39. The number of nitrogens with zero attached hydrogens (tertiary/aromatic N) is 2. The smallest absolute Gasteiger partial charge is 0.339 e. The first-order valence-corrected chi connectivity index (χ1v) is 5.88. The van der Waals surface area contributed by atoms with Crippen LogP contribution in [0.2, 0.25) is 5.02 Å². The van der Waals surface area contributed by atoms with E-state index in [1.807, 2.05) is 31.2 Å². The Morgan fingerprint density at radius 1 is 1.15 bits per heavy atom. The molecule has 0 aliphatic rings. The Bertz CT molecular complexity index is 626. The molecule has 5 nitrogen and oxygen atoms in total. The fourth-order valence-corrected chi connectivity index (χ4v) is 1.51. The summed E-state index contributed by atoms with van der Waals surface area (Å²) in [4.78, 5) is 23.8. The lowest BCUT2D eigenvalue weighted by atomic mass is 10.2. The Hall–Kier alpha value is -2.30. The third-order valence-corrected chi connectivity index (χ3v) is 2.57. The Morgan fingerprint density at radius 2 is 1.70 bits per heavy atom. The largest absolute Gasteiger partial charge is 0.373 e. The van der Waals surface area contributed by atoms with E-state index in [0.717, 1.165) is 11.3 Å². The number of hydrogen-bond acceptors (Lipinski definition) is 5. The molecule has 1 N–H and O–H groups in total. The number of benzene rings is 1. The van der Waals surface area contributed by atoms with Crippen LogP contribution in [0.4, 0.5) is 15.9 Å². The summed E-state index contributed by atoms with van der Waals surface area (Å²) in [6, 6.07) is 7.64. The lowest BCUT2D eigenvalue weighted by molar-refractivity contribution is -0.191. The number of rotatable bonds is 2. The molecule has 0 radical (unpaired) electrons. The summed E-state index contributed by atoms with van der Waals surface area (Å²) in [6.45, 7) is 3.60. The zero-order valence-corrected chi connectivity index (χ0v) is 11.5. The topological polar surface area (TPSA) is 72.0 Å². The van der Waals surface area contributed by atoms with Gasteiger partial charge >= 0.3 is 6.15 Å². The van der Waals surface area contributed by atoms with Gasteiger partial charge in [0, 0.05) is 5.69 Å². The lowest BCUT2D eigenvalue weighted by Gasteiger charge is -2.08. The van der Waals surface area contributed by atoms with Crippen LogP contribution in [-0.2, 0) is 9.59 Å². The summed E-state index contributed by atoms with van der Waals surface area (Å²) in [5.74, 6) is -0.101. The fourth-order valence-electron chi connectivity index (χ4n) is 1.38. The summed E-state index contributed by atoms with van der Waals surface area (Å²) in [5.41, 5.74) is 1.95. The van der Waals surface area contributed by atoms with E-state index in [-0.39, 0.29) is 17.0 Å². The molecule has 0 aliphatic carbocycles. The predicted molar refractivity (Wildman–Crippen MR) is 71.2 cm³/mol. The van der Waals surface area contributed by atoms with E-state index in [1.54, 1.807) is 6.92 Å². The molecule has 0 amide bonds. The first-order valence-electron chi connectivity index (χ1n) is 5.50. The highest BCUT2D eigenvalue weighted by Crippen LogP contribution is 2.25. The van der Waals surface area contributed by atoms with Gasteiger partial charge in [0.25, 0.3) is 0 Å². The highest BCUT2D eigenvalue weighted by Gasteiger charge is 2.10. The van der Waals surface area contributed by atoms with Gasteiger partial charge in [-0.1, -0.05) is 29.3 Å². The summed E-state index contributed by atoms with van der Waals surface area (Å²) in [6.07, 6.45) is 0.250. The molecule has 0 spiro atoms. The molecule has 0 saturated heterocycles. The van der Waals surface area contributed by atoms with Crippen molar-refractivity contribution in [3.8, 4) is 0 Å². The number of hydrogen-bond donors (Lipinski definition) is 1. The maximum absolute atomic E-state index is 13.3. The first kappa shape index (κ1) is 15.8. The molecule has 1 heterocycles. The van der Waals surface area contributed by atoms with Gasteiger partial charge in [-0.05, 0) is 26.0 Å². The van der Waals surface area contributed by atoms with E-state index in [1.165, 1.54) is 0 Å². The van der Waals surface area contributed by atoms with Crippen LogP contribution < -0.4 is 5.32 Å². The third kappa shape index (κ3) is 4.42. The van der Waals surface area contributed by atoms with Gasteiger partial charge in [-0.15, -0.1) is 0 Å². The molecule has 2 aromatic rings. The van der Waals surface area contributed by atoms with Crippen LogP contribution in [-0.4, -0.2) is 16.1 Å². The van der Waals surface area contributed by atoms with E-state index in [2.05, 4.69) is 15.3 Å². The van der Waals surface area contributed by atoms with Gasteiger partial charge in [0.15, 0.2) is 5.82 Å². The van der Waals surface area contributed by atoms with Crippen molar-refractivity contribution in [3.63, 3.8) is 0 Å². The van der Waals surface area contributed by atoms with Crippen molar-refractivity contribution in [2.24, 2.45) is 0 Å². The molecular weight excluding hydrogens is 285 g/mol. The standard InChI is InChI=1S/C12H11ClFN3.CO2/c1-7-3-5-9(6-4-7)17-12-10(13)11(14)15-8(2)16-12;2-1-3/h3-6H,1-2H3,(H,15,16,17);. The SMILES string of the molecule is Cc1ccc(Nc2nc(C)nc(F)c2Cl)cc1.O=C=O. The van der Waals surface area contributed by atoms with Crippen LogP contribution in [0.3, 0.4) is 0 Å². The first-order chi connectivity index (χ1) is 9.47. The predicted octanol–water partition coefficient (Wildman–Crippen LogP) is 3.05. The Morgan fingerprint density at radius 3 is 2.25 bits per heavy atom. The quantitative estimate of drug-likeness (QED) is 0.862. The zero-order valence-electron chi connectivity index (χ0n) is 10.8. The van der Waals surface area contributed by atoms with E-state index in [4.69, 9.17) is 21.2 Å². The van der Waals surface area contributed by atoms with Gasteiger partial charge in [-0.2, -0.15) is 14.0 Å². The van der Waals surface area contributed by atoms with Crippen LogP contribution in [0, 0.1) is 19.8 Å². The zero-order chi connectivity index (χ0) is 15.1. The van der Waals surface area contributed by atoms with Gasteiger partial charge in [0.2, 0.25) is 5.95 Å². The molecule has 1 aromatic heterocycles. The van der Waals surface area contributed by atoms with Crippen molar-refractivity contribution in [1.82, 2.24) is 9.97 Å². The van der Waals surface area contributed by atoms with Crippen molar-refractivity contribution in [2.45, 2.75) is 13.8 Å². The van der Waals surface area contributed by atoms with Gasteiger partial charge in [-0.3, -0.25) is 0 Å². The number of carbonyl (C=O) groups excluding carboxylic acids is 2. The molecular formula is C13H11ClFN3O2. The summed E-state index contributed by atoms with van der Waals surface area (Å²) < 4.78 is 13.3. The van der Waals surface area contributed by atoms with Crippen LogP contribution >= 0.6 is 11.6 Å². The maximum atomic E-state index is 13.3. The Balaban J connectivity index is 0.000000612. The summed E-state index contributed by atoms with van der Waals surface area (Å²) in [7, 11) is 0. The van der Waals surface area contributed by atoms with Crippen molar-refractivity contribution < 1.29 is 14.0 Å². The van der Waals surface area contributed by atoms with Gasteiger partial charge in [-0.25, -0.2) is 9.97 Å². The van der Waals surface area contributed by atoms with E-state index >= 15 is 0 Å². The van der Waals surface area contributed by atoms with Crippen molar-refractivity contribution in [3.05, 3.63) is 46.6 Å². The van der Waals surface area contributed by atoms with E-state index in [9.17, 15) is 4.39 Å². The molecule has 0 aliphatic heterocycles. The second-order valence-electron chi connectivity index (χ2n) is 3.80. The van der Waals surface area contributed by atoms with Gasteiger partial charge < -0.3 is 5.32 Å². The summed E-state index contributed by atoms with van der Waals surface area (Å²) >= 11 is 5.78. The van der Waals surface area contributed by atoms with Gasteiger partial charge in [0.05, 0.1) is 0 Å².